The number of benzene rings is 2. The number of rotatable bonds is 5. The van der Waals surface area contributed by atoms with Crippen LogP contribution in [0.2, 0.25) is 0 Å². The average molecular weight is 490 g/mol. The van der Waals surface area contributed by atoms with Crippen LogP contribution in [-0.2, 0) is 0 Å². The number of thiazole rings is 1. The van der Waals surface area contributed by atoms with Gasteiger partial charge in [0.15, 0.2) is 0 Å². The van der Waals surface area contributed by atoms with Crippen molar-refractivity contribution < 1.29 is 14.0 Å². The number of carbonyl (C=O) groups excluding carboxylic acids is 2. The van der Waals surface area contributed by atoms with Gasteiger partial charge in [-0.2, -0.15) is 0 Å². The Morgan fingerprint density at radius 2 is 1.77 bits per heavy atom. The van der Waals surface area contributed by atoms with Crippen LogP contribution in [0.5, 0.6) is 0 Å². The first-order chi connectivity index (χ1) is 17.0. The number of hydrogen-bond acceptors (Lipinski definition) is 5. The van der Waals surface area contributed by atoms with Gasteiger partial charge in [0.25, 0.3) is 11.8 Å². The molecular weight excluding hydrogens is 465 g/mol. The first-order valence-electron chi connectivity index (χ1n) is 11.6. The monoisotopic (exact) mass is 489 g/mol. The van der Waals surface area contributed by atoms with E-state index in [4.69, 9.17) is 0 Å². The third kappa shape index (κ3) is 4.21. The number of aromatic nitrogens is 2. The van der Waals surface area contributed by atoms with E-state index >= 15 is 0 Å². The molecule has 2 aliphatic rings. The van der Waals surface area contributed by atoms with Crippen molar-refractivity contribution in [2.45, 2.75) is 18.5 Å². The minimum absolute atomic E-state index is 0.00961. The van der Waals surface area contributed by atoms with Gasteiger partial charge in [0.05, 0.1) is 11.0 Å². The number of nitrogens with one attached hydrogen (secondary N) is 1. The molecule has 0 aliphatic carbocycles. The van der Waals surface area contributed by atoms with Crippen LogP contribution in [0.3, 0.4) is 0 Å². The van der Waals surface area contributed by atoms with Crippen molar-refractivity contribution in [1.29, 1.82) is 0 Å². The highest BCUT2D eigenvalue weighted by atomic mass is 32.1. The molecule has 6 rings (SSSR count). The molecule has 2 saturated heterocycles. The number of carbonyl (C=O) groups is 2. The Morgan fingerprint density at radius 3 is 2.54 bits per heavy atom. The van der Waals surface area contributed by atoms with Crippen LogP contribution in [-0.4, -0.2) is 69.4 Å². The number of likely N-dealkylation sites (tertiary alicyclic amines) is 2. The van der Waals surface area contributed by atoms with Gasteiger partial charge in [0.2, 0.25) is 0 Å². The summed E-state index contributed by atoms with van der Waals surface area (Å²) in [4.78, 5) is 33.3. The van der Waals surface area contributed by atoms with Crippen LogP contribution in [0.25, 0.3) is 16.6 Å². The zero-order chi connectivity index (χ0) is 23.9. The van der Waals surface area contributed by atoms with E-state index < -0.39 is 0 Å². The molecule has 4 heterocycles. The van der Waals surface area contributed by atoms with Crippen molar-refractivity contribution in [3.05, 3.63) is 82.7 Å². The third-order valence-corrected chi connectivity index (χ3v) is 7.40. The van der Waals surface area contributed by atoms with E-state index in [-0.39, 0.29) is 29.7 Å². The second-order valence-electron chi connectivity index (χ2n) is 9.12. The topological polar surface area (TPSA) is 70.5 Å². The lowest BCUT2D eigenvalue weighted by Gasteiger charge is -2.41. The summed E-state index contributed by atoms with van der Waals surface area (Å²) in [7, 11) is 0. The maximum atomic E-state index is 13.3. The number of halogens is 1. The van der Waals surface area contributed by atoms with E-state index in [2.05, 4.69) is 10.3 Å². The van der Waals surface area contributed by atoms with Gasteiger partial charge in [-0.05, 0) is 55.0 Å². The molecule has 7 nitrogen and oxygen atoms in total. The zero-order valence-corrected chi connectivity index (χ0v) is 19.7. The Kier molecular flexibility index (Phi) is 5.58. The molecule has 1 atom stereocenters. The lowest BCUT2D eigenvalue weighted by Crippen LogP contribution is -2.62. The smallest absolute Gasteiger partial charge is 0.273 e. The third-order valence-electron chi connectivity index (χ3n) is 6.81. The molecule has 0 spiro atoms. The molecule has 1 N–H and O–H groups in total. The molecule has 178 valence electrons. The number of hydrogen-bond donors (Lipinski definition) is 1. The minimum Gasteiger partial charge on any atom is -0.336 e. The second kappa shape index (κ2) is 8.90. The van der Waals surface area contributed by atoms with Crippen LogP contribution in [0.1, 0.15) is 27.3 Å². The maximum Gasteiger partial charge on any atom is 0.273 e. The minimum atomic E-state index is -0.269. The van der Waals surface area contributed by atoms with E-state index in [1.807, 2.05) is 44.8 Å². The van der Waals surface area contributed by atoms with Crippen molar-refractivity contribution in [2.75, 3.05) is 26.2 Å². The van der Waals surface area contributed by atoms with Gasteiger partial charge >= 0.3 is 0 Å². The van der Waals surface area contributed by atoms with E-state index in [1.165, 1.54) is 23.5 Å². The summed E-state index contributed by atoms with van der Waals surface area (Å²) in [6.45, 7) is 2.71. The average Bonchev–Trinajstić information content (AvgIpc) is 3.61. The normalized spacial score (nSPS) is 18.3. The molecule has 2 fully saturated rings. The molecule has 4 aromatic rings. The molecule has 0 saturated carbocycles. The maximum absolute atomic E-state index is 13.3. The number of fused-ring (bicyclic) bond motifs is 1. The second-order valence-corrected chi connectivity index (χ2v) is 9.84. The lowest BCUT2D eigenvalue weighted by atomic mass is 10.0. The first-order valence-corrected chi connectivity index (χ1v) is 12.6. The first kappa shape index (κ1) is 21.9. The Hall–Kier alpha value is -3.56. The Balaban J connectivity index is 1.05. The zero-order valence-electron chi connectivity index (χ0n) is 18.9. The Bertz CT molecular complexity index is 1380. The van der Waals surface area contributed by atoms with E-state index in [9.17, 15) is 14.0 Å². The molecule has 2 aromatic heterocycles. The largest absolute Gasteiger partial charge is 0.336 e. The van der Waals surface area contributed by atoms with E-state index in [1.54, 1.807) is 23.0 Å². The fourth-order valence-electron chi connectivity index (χ4n) is 4.93. The van der Waals surface area contributed by atoms with Gasteiger partial charge in [0, 0.05) is 66.5 Å². The van der Waals surface area contributed by atoms with Crippen LogP contribution in [0, 0.1) is 5.82 Å². The van der Waals surface area contributed by atoms with Crippen LogP contribution in [0.15, 0.2) is 65.6 Å². The molecule has 9 heteroatoms. The van der Waals surface area contributed by atoms with E-state index in [0.29, 0.717) is 30.9 Å². The van der Waals surface area contributed by atoms with Crippen LogP contribution >= 0.6 is 11.3 Å². The van der Waals surface area contributed by atoms with Gasteiger partial charge in [-0.15, -0.1) is 11.3 Å². The quantitative estimate of drug-likeness (QED) is 0.466. The standard InChI is InChI=1S/C26H24FN5O2S/c27-19-2-4-22(5-3-19)32-10-7-17-11-18(1-6-24(17)32)25(33)31-13-21(14-31)29-20-8-9-30(12-20)26(34)23-15-35-16-28-23/h1-7,10-11,15-16,20-21,29H,8-9,12-14H2/t20-/m0/s1. The fourth-order valence-corrected chi connectivity index (χ4v) is 5.45. The van der Waals surface area contributed by atoms with Gasteiger partial charge in [-0.25, -0.2) is 9.37 Å². The Labute approximate surface area is 205 Å². The molecular formula is C26H24FN5O2S. The highest BCUT2D eigenvalue weighted by molar-refractivity contribution is 7.07. The summed E-state index contributed by atoms with van der Waals surface area (Å²) in [5.41, 5.74) is 4.69. The fraction of sp³-hybridized carbons (Fsp3) is 0.269. The Morgan fingerprint density at radius 1 is 0.971 bits per heavy atom. The predicted molar refractivity (Wildman–Crippen MR) is 132 cm³/mol. The molecule has 2 aliphatic heterocycles. The van der Waals surface area contributed by atoms with Crippen LogP contribution in [0.4, 0.5) is 4.39 Å². The number of amides is 2. The molecule has 0 radical (unpaired) electrons. The molecule has 0 unspecified atom stereocenters. The lowest BCUT2D eigenvalue weighted by molar-refractivity contribution is 0.0553. The summed E-state index contributed by atoms with van der Waals surface area (Å²) in [5, 5.41) is 6.35. The van der Waals surface area contributed by atoms with Crippen molar-refractivity contribution >= 4 is 34.1 Å². The summed E-state index contributed by atoms with van der Waals surface area (Å²) < 4.78 is 15.3. The van der Waals surface area contributed by atoms with Gasteiger partial charge in [-0.1, -0.05) is 0 Å². The van der Waals surface area contributed by atoms with E-state index in [0.717, 1.165) is 29.6 Å². The molecule has 0 bridgehead atoms. The van der Waals surface area contributed by atoms with Gasteiger partial charge in [-0.3, -0.25) is 9.59 Å². The van der Waals surface area contributed by atoms with Crippen molar-refractivity contribution in [3.63, 3.8) is 0 Å². The molecule has 35 heavy (non-hydrogen) atoms. The van der Waals surface area contributed by atoms with Gasteiger partial charge in [0.1, 0.15) is 11.5 Å². The highest BCUT2D eigenvalue weighted by Gasteiger charge is 2.35. The van der Waals surface area contributed by atoms with Crippen molar-refractivity contribution in [1.82, 2.24) is 24.7 Å². The van der Waals surface area contributed by atoms with Crippen molar-refractivity contribution in [3.8, 4) is 5.69 Å². The SMILES string of the molecule is O=C(c1ccc2c(ccn2-c2ccc(F)cc2)c1)N1CC(N[C@H]2CCN(C(=O)c3cscn3)C2)C1. The van der Waals surface area contributed by atoms with Gasteiger partial charge < -0.3 is 19.7 Å². The number of nitrogens with zero attached hydrogens (tertiary/aromatic N) is 4. The summed E-state index contributed by atoms with van der Waals surface area (Å²) >= 11 is 1.43. The summed E-state index contributed by atoms with van der Waals surface area (Å²) in [5.74, 6) is -0.259. The summed E-state index contributed by atoms with van der Waals surface area (Å²) in [6, 6.07) is 14.5. The predicted octanol–water partition coefficient (Wildman–Crippen LogP) is 3.55. The summed E-state index contributed by atoms with van der Waals surface area (Å²) in [6.07, 6.45) is 2.84. The van der Waals surface area contributed by atoms with Crippen LogP contribution < -0.4 is 5.32 Å². The molecule has 2 amide bonds. The van der Waals surface area contributed by atoms with Crippen molar-refractivity contribution in [2.24, 2.45) is 0 Å². The molecule has 2 aromatic carbocycles. The highest BCUT2D eigenvalue weighted by Crippen LogP contribution is 2.24.